The Labute approximate surface area is 102 Å². The van der Waals surface area contributed by atoms with Crippen molar-refractivity contribution >= 4 is 22.5 Å². The lowest BCUT2D eigenvalue weighted by Gasteiger charge is -2.03. The molecule has 0 amide bonds. The standard InChI is InChI=1S/C15H17S/c1-2-3-6-11-16-15-10-9-13-7-4-5-8-14(13)12-15/h4-5,7-10,12H,1-3,6,11H2. The maximum Gasteiger partial charge on any atom is 0.00783 e. The summed E-state index contributed by atoms with van der Waals surface area (Å²) in [6.07, 6.45) is 3.56. The van der Waals surface area contributed by atoms with Crippen LogP contribution < -0.4 is 0 Å². The van der Waals surface area contributed by atoms with Gasteiger partial charge >= 0.3 is 0 Å². The molecule has 0 saturated heterocycles. The van der Waals surface area contributed by atoms with E-state index < -0.39 is 0 Å². The van der Waals surface area contributed by atoms with Crippen molar-refractivity contribution in [3.05, 3.63) is 49.4 Å². The van der Waals surface area contributed by atoms with Crippen molar-refractivity contribution in [1.29, 1.82) is 0 Å². The van der Waals surface area contributed by atoms with Crippen LogP contribution in [0.2, 0.25) is 0 Å². The van der Waals surface area contributed by atoms with Crippen LogP contribution >= 0.6 is 11.8 Å². The Kier molecular flexibility index (Phi) is 4.29. The zero-order valence-corrected chi connectivity index (χ0v) is 10.3. The molecular formula is C15H17S. The van der Waals surface area contributed by atoms with Crippen LogP contribution in [0, 0.1) is 6.92 Å². The minimum absolute atomic E-state index is 1.05. The predicted molar refractivity (Wildman–Crippen MR) is 73.9 cm³/mol. The summed E-state index contributed by atoms with van der Waals surface area (Å²) in [5, 5.41) is 2.66. The van der Waals surface area contributed by atoms with Crippen molar-refractivity contribution in [2.24, 2.45) is 0 Å². The van der Waals surface area contributed by atoms with E-state index in [0.717, 1.165) is 6.42 Å². The fourth-order valence-electron chi connectivity index (χ4n) is 1.73. The van der Waals surface area contributed by atoms with Gasteiger partial charge in [0.25, 0.3) is 0 Å². The molecule has 0 unspecified atom stereocenters. The second kappa shape index (κ2) is 5.95. The largest absolute Gasteiger partial charge is 0.126 e. The molecule has 2 aromatic rings. The molecule has 1 heteroatoms. The van der Waals surface area contributed by atoms with Crippen molar-refractivity contribution in [3.63, 3.8) is 0 Å². The number of rotatable bonds is 5. The van der Waals surface area contributed by atoms with Crippen molar-refractivity contribution in [3.8, 4) is 0 Å². The fourth-order valence-corrected chi connectivity index (χ4v) is 2.68. The summed E-state index contributed by atoms with van der Waals surface area (Å²) in [5.41, 5.74) is 0. The second-order valence-electron chi connectivity index (χ2n) is 3.92. The third kappa shape index (κ3) is 3.02. The van der Waals surface area contributed by atoms with Crippen molar-refractivity contribution < 1.29 is 0 Å². The number of unbranched alkanes of at least 4 members (excludes halogenated alkanes) is 2. The lowest BCUT2D eigenvalue weighted by Crippen LogP contribution is -1.80. The molecule has 0 spiro atoms. The molecule has 0 fully saturated rings. The summed E-state index contributed by atoms with van der Waals surface area (Å²) in [7, 11) is 0. The van der Waals surface area contributed by atoms with E-state index in [1.165, 1.54) is 34.3 Å². The predicted octanol–water partition coefficient (Wildman–Crippen LogP) is 4.94. The van der Waals surface area contributed by atoms with Gasteiger partial charge in [0.2, 0.25) is 0 Å². The molecule has 1 radical (unpaired) electrons. The zero-order chi connectivity index (χ0) is 11.2. The minimum Gasteiger partial charge on any atom is -0.126 e. The van der Waals surface area contributed by atoms with Gasteiger partial charge in [0.05, 0.1) is 0 Å². The summed E-state index contributed by atoms with van der Waals surface area (Å²) in [6.45, 7) is 3.86. The van der Waals surface area contributed by atoms with Crippen LogP contribution in [0.15, 0.2) is 47.4 Å². The van der Waals surface area contributed by atoms with E-state index in [-0.39, 0.29) is 0 Å². The van der Waals surface area contributed by atoms with E-state index in [4.69, 9.17) is 0 Å². The first kappa shape index (κ1) is 11.5. The Balaban J connectivity index is 2.02. The molecule has 2 aromatic carbocycles. The molecule has 0 heterocycles. The molecule has 0 bridgehead atoms. The quantitative estimate of drug-likeness (QED) is 0.517. The van der Waals surface area contributed by atoms with Gasteiger partial charge in [-0.3, -0.25) is 0 Å². The molecule has 83 valence electrons. The molecule has 0 nitrogen and oxygen atoms in total. The summed E-state index contributed by atoms with van der Waals surface area (Å²) in [5.74, 6) is 1.20. The van der Waals surface area contributed by atoms with Crippen molar-refractivity contribution in [2.45, 2.75) is 24.2 Å². The van der Waals surface area contributed by atoms with Crippen molar-refractivity contribution in [1.82, 2.24) is 0 Å². The first-order chi connectivity index (χ1) is 7.90. The minimum atomic E-state index is 1.05. The molecule has 0 aliphatic rings. The highest BCUT2D eigenvalue weighted by Gasteiger charge is 1.96. The van der Waals surface area contributed by atoms with Crippen LogP contribution in [-0.2, 0) is 0 Å². The molecule has 0 aliphatic heterocycles. The normalized spacial score (nSPS) is 10.8. The van der Waals surface area contributed by atoms with Gasteiger partial charge in [-0.1, -0.05) is 50.1 Å². The topological polar surface area (TPSA) is 0 Å². The maximum absolute atomic E-state index is 3.86. The molecule has 2 rings (SSSR count). The molecule has 0 saturated carbocycles. The molecule has 0 aliphatic carbocycles. The lowest BCUT2D eigenvalue weighted by molar-refractivity contribution is 0.821. The SMILES string of the molecule is [CH2]CCCCSc1ccc2ccccc2c1. The first-order valence-corrected chi connectivity index (χ1v) is 6.79. The Morgan fingerprint density at radius 1 is 0.938 bits per heavy atom. The third-order valence-electron chi connectivity index (χ3n) is 2.63. The highest BCUT2D eigenvalue weighted by molar-refractivity contribution is 7.99. The van der Waals surface area contributed by atoms with Crippen molar-refractivity contribution in [2.75, 3.05) is 5.75 Å². The van der Waals surface area contributed by atoms with Gasteiger partial charge in [-0.15, -0.1) is 11.8 Å². The van der Waals surface area contributed by atoms with Crippen LogP contribution in [-0.4, -0.2) is 5.75 Å². The van der Waals surface area contributed by atoms with Gasteiger partial charge in [0, 0.05) is 4.90 Å². The van der Waals surface area contributed by atoms with Crippen LogP contribution in [0.3, 0.4) is 0 Å². The van der Waals surface area contributed by atoms with Gasteiger partial charge in [-0.25, -0.2) is 0 Å². The van der Waals surface area contributed by atoms with Gasteiger partial charge in [-0.05, 0) is 35.1 Å². The van der Waals surface area contributed by atoms with E-state index in [9.17, 15) is 0 Å². The highest BCUT2D eigenvalue weighted by Crippen LogP contribution is 2.24. The summed E-state index contributed by atoms with van der Waals surface area (Å²) in [4.78, 5) is 1.38. The fraction of sp³-hybridized carbons (Fsp3) is 0.267. The number of hydrogen-bond donors (Lipinski definition) is 0. The Bertz CT molecular complexity index is 448. The second-order valence-corrected chi connectivity index (χ2v) is 5.09. The monoisotopic (exact) mass is 229 g/mol. The average molecular weight is 229 g/mol. The Hall–Kier alpha value is -0.950. The summed E-state index contributed by atoms with van der Waals surface area (Å²) < 4.78 is 0. The highest BCUT2D eigenvalue weighted by atomic mass is 32.2. The Morgan fingerprint density at radius 3 is 2.56 bits per heavy atom. The maximum atomic E-state index is 3.86. The molecule has 0 aromatic heterocycles. The van der Waals surface area contributed by atoms with Crippen LogP contribution in [0.25, 0.3) is 10.8 Å². The Morgan fingerprint density at radius 2 is 1.75 bits per heavy atom. The summed E-state index contributed by atoms with van der Waals surface area (Å²) in [6, 6.07) is 15.2. The average Bonchev–Trinajstić information content (AvgIpc) is 2.34. The van der Waals surface area contributed by atoms with Crippen LogP contribution in [0.4, 0.5) is 0 Å². The smallest absolute Gasteiger partial charge is 0.00783 e. The summed E-state index contributed by atoms with van der Waals surface area (Å²) >= 11 is 1.95. The van der Waals surface area contributed by atoms with Gasteiger partial charge in [0.15, 0.2) is 0 Å². The van der Waals surface area contributed by atoms with Gasteiger partial charge in [0.1, 0.15) is 0 Å². The molecular weight excluding hydrogens is 212 g/mol. The number of benzene rings is 2. The molecule has 0 atom stereocenters. The van der Waals surface area contributed by atoms with Gasteiger partial charge in [-0.2, -0.15) is 0 Å². The van der Waals surface area contributed by atoms with E-state index >= 15 is 0 Å². The van der Waals surface area contributed by atoms with E-state index in [0.29, 0.717) is 0 Å². The number of hydrogen-bond acceptors (Lipinski definition) is 1. The molecule has 0 N–H and O–H groups in total. The number of thioether (sulfide) groups is 1. The van der Waals surface area contributed by atoms with Crippen LogP contribution in [0.1, 0.15) is 19.3 Å². The van der Waals surface area contributed by atoms with E-state index in [2.05, 4.69) is 49.4 Å². The lowest BCUT2D eigenvalue weighted by atomic mass is 10.1. The number of fused-ring (bicyclic) bond motifs is 1. The van der Waals surface area contributed by atoms with E-state index in [1.54, 1.807) is 0 Å². The van der Waals surface area contributed by atoms with E-state index in [1.807, 2.05) is 11.8 Å². The van der Waals surface area contributed by atoms with Crippen LogP contribution in [0.5, 0.6) is 0 Å². The first-order valence-electron chi connectivity index (χ1n) is 5.81. The van der Waals surface area contributed by atoms with Gasteiger partial charge < -0.3 is 0 Å². The zero-order valence-electron chi connectivity index (χ0n) is 9.49. The third-order valence-corrected chi connectivity index (χ3v) is 3.71. The molecule has 16 heavy (non-hydrogen) atoms.